The maximum atomic E-state index is 12.4. The number of aryl methyl sites for hydroxylation is 1. The molecule has 0 saturated heterocycles. The first kappa shape index (κ1) is 17.8. The third kappa shape index (κ3) is 3.65. The van der Waals surface area contributed by atoms with E-state index >= 15 is 0 Å². The summed E-state index contributed by atoms with van der Waals surface area (Å²) in [6.45, 7) is 1.48. The molecule has 1 amide bonds. The molecule has 0 spiro atoms. The molecule has 0 unspecified atom stereocenters. The van der Waals surface area contributed by atoms with Gasteiger partial charge in [-0.1, -0.05) is 24.3 Å². The molecule has 3 aromatic rings. The Morgan fingerprint density at radius 1 is 1.19 bits per heavy atom. The number of nitrogens with zero attached hydrogens (tertiary/aromatic N) is 2. The Kier molecular flexibility index (Phi) is 4.60. The number of hydrogen-bond donors (Lipinski definition) is 1. The number of amides is 1. The highest BCUT2D eigenvalue weighted by molar-refractivity contribution is 7.90. The van der Waals surface area contributed by atoms with Gasteiger partial charge in [0.2, 0.25) is 5.91 Å². The van der Waals surface area contributed by atoms with Gasteiger partial charge in [0.05, 0.1) is 16.5 Å². The predicted molar refractivity (Wildman–Crippen MR) is 98.9 cm³/mol. The van der Waals surface area contributed by atoms with E-state index < -0.39 is 15.7 Å². The summed E-state index contributed by atoms with van der Waals surface area (Å²) in [5.41, 5.74) is 0.733. The maximum Gasteiger partial charge on any atom is 0.275 e. The number of carbonyl (C=O) groups is 1. The Hall–Kier alpha value is -3.00. The Balaban J connectivity index is 1.86. The normalized spacial score (nSPS) is 11.5. The number of sulfone groups is 1. The molecule has 0 fully saturated rings. The molecule has 3 rings (SSSR count). The molecule has 1 heterocycles. The number of benzene rings is 2. The van der Waals surface area contributed by atoms with Crippen LogP contribution in [0.15, 0.2) is 58.4 Å². The van der Waals surface area contributed by atoms with Crippen molar-refractivity contribution in [2.75, 3.05) is 11.6 Å². The predicted octanol–water partition coefficient (Wildman–Crippen LogP) is 1.75. The van der Waals surface area contributed by atoms with Crippen molar-refractivity contribution >= 4 is 32.2 Å². The fraction of sp³-hybridized carbons (Fsp3) is 0.167. The number of nitrogens with one attached hydrogen (secondary N) is 1. The Labute approximate surface area is 150 Å². The highest BCUT2D eigenvalue weighted by Gasteiger charge is 2.13. The molecule has 0 saturated carbocycles. The lowest BCUT2D eigenvalue weighted by Crippen LogP contribution is -2.29. The molecular weight excluding hydrogens is 354 g/mol. The highest BCUT2D eigenvalue weighted by atomic mass is 32.2. The first-order valence-corrected chi connectivity index (χ1v) is 9.70. The van der Waals surface area contributed by atoms with Gasteiger partial charge < -0.3 is 5.32 Å². The third-order valence-corrected chi connectivity index (χ3v) is 5.08. The molecule has 0 aliphatic heterocycles. The van der Waals surface area contributed by atoms with Crippen LogP contribution in [0.5, 0.6) is 0 Å². The van der Waals surface area contributed by atoms with Gasteiger partial charge in [-0.15, -0.1) is 0 Å². The molecule has 0 bridgehead atoms. The van der Waals surface area contributed by atoms with Crippen molar-refractivity contribution in [1.29, 1.82) is 0 Å². The summed E-state index contributed by atoms with van der Waals surface area (Å²) in [7, 11) is -3.39. The van der Waals surface area contributed by atoms with E-state index in [2.05, 4.69) is 10.4 Å². The average molecular weight is 371 g/mol. The van der Waals surface area contributed by atoms with E-state index in [0.29, 0.717) is 22.0 Å². The zero-order valence-electron chi connectivity index (χ0n) is 14.3. The van der Waals surface area contributed by atoms with Crippen molar-refractivity contribution in [2.24, 2.45) is 0 Å². The summed E-state index contributed by atoms with van der Waals surface area (Å²) in [6.07, 6.45) is 2.63. The summed E-state index contributed by atoms with van der Waals surface area (Å²) in [4.78, 5) is 24.8. The summed E-state index contributed by atoms with van der Waals surface area (Å²) < 4.78 is 24.4. The zero-order chi connectivity index (χ0) is 18.9. The van der Waals surface area contributed by atoms with E-state index in [1.165, 1.54) is 18.3 Å². The quantitative estimate of drug-likeness (QED) is 0.753. The van der Waals surface area contributed by atoms with Crippen LogP contribution in [0.4, 0.5) is 5.69 Å². The van der Waals surface area contributed by atoms with Crippen molar-refractivity contribution in [3.8, 4) is 0 Å². The minimum atomic E-state index is -3.39. The standard InChI is InChI=1S/C18H17N3O4S/c1-12-7-8-14(26(2,24)25)9-16(12)20-17(22)11-21-18(23)15-6-4-3-5-13(15)10-19-21/h3-10H,11H2,1-2H3,(H,20,22). The van der Waals surface area contributed by atoms with Gasteiger partial charge in [-0.05, 0) is 30.7 Å². The van der Waals surface area contributed by atoms with Crippen molar-refractivity contribution in [3.63, 3.8) is 0 Å². The number of carbonyl (C=O) groups excluding carboxylic acids is 1. The van der Waals surface area contributed by atoms with Gasteiger partial charge in [-0.25, -0.2) is 13.1 Å². The fourth-order valence-corrected chi connectivity index (χ4v) is 3.18. The van der Waals surface area contributed by atoms with E-state index in [1.54, 1.807) is 37.3 Å². The van der Waals surface area contributed by atoms with E-state index in [4.69, 9.17) is 0 Å². The number of fused-ring (bicyclic) bond motifs is 1. The van der Waals surface area contributed by atoms with E-state index in [1.807, 2.05) is 0 Å². The fourth-order valence-electron chi connectivity index (χ4n) is 2.53. The van der Waals surface area contributed by atoms with Gasteiger partial charge in [0.15, 0.2) is 9.84 Å². The van der Waals surface area contributed by atoms with Crippen LogP contribution in [0.2, 0.25) is 0 Å². The first-order chi connectivity index (χ1) is 12.3. The third-order valence-electron chi connectivity index (χ3n) is 3.97. The molecule has 26 heavy (non-hydrogen) atoms. The van der Waals surface area contributed by atoms with Crippen LogP contribution in [-0.2, 0) is 21.2 Å². The van der Waals surface area contributed by atoms with Crippen LogP contribution in [0.3, 0.4) is 0 Å². The molecule has 2 aromatic carbocycles. The van der Waals surface area contributed by atoms with Gasteiger partial charge in [-0.3, -0.25) is 9.59 Å². The first-order valence-electron chi connectivity index (χ1n) is 7.81. The molecule has 134 valence electrons. The molecule has 0 radical (unpaired) electrons. The van der Waals surface area contributed by atoms with Crippen LogP contribution < -0.4 is 10.9 Å². The lowest BCUT2D eigenvalue weighted by Gasteiger charge is -2.11. The second kappa shape index (κ2) is 6.72. The summed E-state index contributed by atoms with van der Waals surface area (Å²) in [5.74, 6) is -0.469. The number of anilines is 1. The van der Waals surface area contributed by atoms with Gasteiger partial charge in [0.25, 0.3) is 5.56 Å². The summed E-state index contributed by atoms with van der Waals surface area (Å²) in [5, 5.41) is 7.84. The number of rotatable bonds is 4. The van der Waals surface area contributed by atoms with Gasteiger partial charge in [0, 0.05) is 17.3 Å². The monoisotopic (exact) mass is 371 g/mol. The molecule has 1 aromatic heterocycles. The topological polar surface area (TPSA) is 98.1 Å². The molecule has 0 aliphatic carbocycles. The molecule has 8 heteroatoms. The number of hydrogen-bond acceptors (Lipinski definition) is 5. The van der Waals surface area contributed by atoms with Crippen LogP contribution in [0.25, 0.3) is 10.8 Å². The molecule has 0 aliphatic rings. The Bertz CT molecular complexity index is 1170. The van der Waals surface area contributed by atoms with Crippen molar-refractivity contribution in [1.82, 2.24) is 9.78 Å². The van der Waals surface area contributed by atoms with Crippen LogP contribution >= 0.6 is 0 Å². The summed E-state index contributed by atoms with van der Waals surface area (Å²) >= 11 is 0. The summed E-state index contributed by atoms with van der Waals surface area (Å²) in [6, 6.07) is 11.5. The minimum absolute atomic E-state index is 0.111. The SMILES string of the molecule is Cc1ccc(S(C)(=O)=O)cc1NC(=O)Cn1ncc2ccccc2c1=O. The van der Waals surface area contributed by atoms with E-state index in [0.717, 1.165) is 10.9 Å². The van der Waals surface area contributed by atoms with Crippen molar-refractivity contribution in [2.45, 2.75) is 18.4 Å². The largest absolute Gasteiger partial charge is 0.324 e. The highest BCUT2D eigenvalue weighted by Crippen LogP contribution is 2.20. The van der Waals surface area contributed by atoms with E-state index in [-0.39, 0.29) is 17.0 Å². The Morgan fingerprint density at radius 3 is 2.65 bits per heavy atom. The second-order valence-electron chi connectivity index (χ2n) is 5.99. The Morgan fingerprint density at radius 2 is 1.92 bits per heavy atom. The lowest BCUT2D eigenvalue weighted by atomic mass is 10.2. The van der Waals surface area contributed by atoms with Gasteiger partial charge in [0.1, 0.15) is 6.54 Å². The second-order valence-corrected chi connectivity index (χ2v) is 8.01. The average Bonchev–Trinajstić information content (AvgIpc) is 2.58. The molecule has 0 atom stereocenters. The smallest absolute Gasteiger partial charge is 0.275 e. The minimum Gasteiger partial charge on any atom is -0.324 e. The van der Waals surface area contributed by atoms with Gasteiger partial charge >= 0.3 is 0 Å². The number of aromatic nitrogens is 2. The molecule has 1 N–H and O–H groups in total. The van der Waals surface area contributed by atoms with Crippen molar-refractivity contribution in [3.05, 3.63) is 64.6 Å². The van der Waals surface area contributed by atoms with Crippen LogP contribution in [-0.4, -0.2) is 30.4 Å². The lowest BCUT2D eigenvalue weighted by molar-refractivity contribution is -0.117. The van der Waals surface area contributed by atoms with Crippen molar-refractivity contribution < 1.29 is 13.2 Å². The molecular formula is C18H17N3O4S. The zero-order valence-corrected chi connectivity index (χ0v) is 15.1. The molecule has 7 nitrogen and oxygen atoms in total. The van der Waals surface area contributed by atoms with Crippen LogP contribution in [0, 0.1) is 6.92 Å². The van der Waals surface area contributed by atoms with E-state index in [9.17, 15) is 18.0 Å². The van der Waals surface area contributed by atoms with Crippen LogP contribution in [0.1, 0.15) is 5.56 Å². The van der Waals surface area contributed by atoms with Gasteiger partial charge in [-0.2, -0.15) is 5.10 Å². The maximum absolute atomic E-state index is 12.4.